The fourth-order valence-electron chi connectivity index (χ4n) is 3.18. The molecule has 1 fully saturated rings. The van der Waals surface area contributed by atoms with Gasteiger partial charge in [0.2, 0.25) is 10.0 Å². The van der Waals surface area contributed by atoms with E-state index in [1.54, 1.807) is 39.8 Å². The van der Waals surface area contributed by atoms with Crippen LogP contribution < -0.4 is 5.32 Å². The summed E-state index contributed by atoms with van der Waals surface area (Å²) in [5, 5.41) is 11.8. The molecule has 8 heteroatoms. The van der Waals surface area contributed by atoms with Gasteiger partial charge in [0.25, 0.3) is 0 Å². The zero-order valence-electron chi connectivity index (χ0n) is 16.2. The van der Waals surface area contributed by atoms with Crippen molar-refractivity contribution in [1.29, 1.82) is 5.26 Å². The third-order valence-corrected chi connectivity index (χ3v) is 6.31. The van der Waals surface area contributed by atoms with Gasteiger partial charge in [-0.3, -0.25) is 0 Å². The lowest BCUT2D eigenvalue weighted by molar-refractivity contribution is 0.0478. The molecule has 1 heterocycles. The highest BCUT2D eigenvalue weighted by Crippen LogP contribution is 2.27. The summed E-state index contributed by atoms with van der Waals surface area (Å²) in [5.41, 5.74) is -0.329. The molecule has 1 aromatic rings. The molecule has 0 aliphatic carbocycles. The molecule has 1 N–H and O–H groups in total. The van der Waals surface area contributed by atoms with E-state index >= 15 is 0 Å². The lowest BCUT2D eigenvalue weighted by Crippen LogP contribution is -2.54. The van der Waals surface area contributed by atoms with Gasteiger partial charge >= 0.3 is 6.09 Å². The molecule has 0 bridgehead atoms. The summed E-state index contributed by atoms with van der Waals surface area (Å²) >= 11 is 0. The predicted octanol–water partition coefficient (Wildman–Crippen LogP) is 3.01. The van der Waals surface area contributed by atoms with E-state index in [0.29, 0.717) is 18.5 Å². The van der Waals surface area contributed by atoms with Crippen molar-refractivity contribution < 1.29 is 17.9 Å². The summed E-state index contributed by atoms with van der Waals surface area (Å²) in [5.74, 6) is 0. The second kappa shape index (κ2) is 8.28. The van der Waals surface area contributed by atoms with Crippen molar-refractivity contribution in [1.82, 2.24) is 9.62 Å². The summed E-state index contributed by atoms with van der Waals surface area (Å²) in [6.45, 7) is 7.49. The van der Waals surface area contributed by atoms with Crippen LogP contribution in [-0.4, -0.2) is 43.0 Å². The van der Waals surface area contributed by atoms with Crippen LogP contribution >= 0.6 is 0 Å². The van der Waals surface area contributed by atoms with E-state index in [0.717, 1.165) is 12.8 Å². The van der Waals surface area contributed by atoms with Crippen molar-refractivity contribution in [2.75, 3.05) is 6.54 Å². The van der Waals surface area contributed by atoms with E-state index in [9.17, 15) is 13.2 Å². The Morgan fingerprint density at radius 1 is 1.37 bits per heavy atom. The molecule has 2 unspecified atom stereocenters. The number of nitriles is 1. The summed E-state index contributed by atoms with van der Waals surface area (Å²) in [6, 6.07) is 7.19. The number of rotatable bonds is 4. The summed E-state index contributed by atoms with van der Waals surface area (Å²) in [4.78, 5) is 12.2. The lowest BCUT2D eigenvalue weighted by atomic mass is 9.99. The Morgan fingerprint density at radius 2 is 2.07 bits per heavy atom. The smallest absolute Gasteiger partial charge is 0.407 e. The van der Waals surface area contributed by atoms with Crippen molar-refractivity contribution in [2.24, 2.45) is 0 Å². The number of nitrogens with zero attached hydrogens (tertiary/aromatic N) is 2. The maximum atomic E-state index is 13.2. The van der Waals surface area contributed by atoms with Gasteiger partial charge in [-0.15, -0.1) is 0 Å². The van der Waals surface area contributed by atoms with Crippen LogP contribution in [0.15, 0.2) is 29.2 Å². The van der Waals surface area contributed by atoms with Crippen molar-refractivity contribution in [2.45, 2.75) is 69.5 Å². The number of hydrogen-bond acceptors (Lipinski definition) is 5. The molecule has 1 saturated heterocycles. The summed E-state index contributed by atoms with van der Waals surface area (Å²) in [6.07, 6.45) is 1.72. The molecule has 148 valence electrons. The first kappa shape index (κ1) is 21.2. The number of alkyl carbamates (subject to hydrolysis) is 1. The van der Waals surface area contributed by atoms with E-state index in [2.05, 4.69) is 5.32 Å². The molecule has 7 nitrogen and oxygen atoms in total. The molecule has 0 spiro atoms. The number of hydrogen-bond donors (Lipinski definition) is 1. The van der Waals surface area contributed by atoms with Crippen LogP contribution in [0.2, 0.25) is 0 Å². The number of piperidine rings is 1. The Labute approximate surface area is 161 Å². The summed E-state index contributed by atoms with van der Waals surface area (Å²) < 4.78 is 33.0. The first-order chi connectivity index (χ1) is 12.5. The van der Waals surface area contributed by atoms with Crippen molar-refractivity contribution in [3.05, 3.63) is 29.8 Å². The average Bonchev–Trinajstić information content (AvgIpc) is 2.60. The highest BCUT2D eigenvalue weighted by atomic mass is 32.2. The van der Waals surface area contributed by atoms with Crippen LogP contribution in [0.3, 0.4) is 0 Å². The number of ether oxygens (including phenoxy) is 1. The van der Waals surface area contributed by atoms with Crippen LogP contribution in [0, 0.1) is 11.3 Å². The lowest BCUT2D eigenvalue weighted by Gasteiger charge is -2.38. The van der Waals surface area contributed by atoms with Crippen LogP contribution in [0.5, 0.6) is 0 Å². The Kier molecular flexibility index (Phi) is 6.50. The molecule has 0 aromatic heterocycles. The third kappa shape index (κ3) is 5.44. The topological polar surface area (TPSA) is 99.5 Å². The molecule has 1 aliphatic rings. The molecular formula is C19H27N3O4S. The average molecular weight is 394 g/mol. The minimum Gasteiger partial charge on any atom is -0.444 e. The molecule has 1 aromatic carbocycles. The maximum absolute atomic E-state index is 13.2. The van der Waals surface area contributed by atoms with Crippen LogP contribution in [0.1, 0.15) is 52.5 Å². The van der Waals surface area contributed by atoms with Crippen LogP contribution in [-0.2, 0) is 14.8 Å². The monoisotopic (exact) mass is 393 g/mol. The minimum atomic E-state index is -3.77. The number of sulfonamides is 1. The van der Waals surface area contributed by atoms with E-state index in [1.807, 2.05) is 6.07 Å². The zero-order valence-corrected chi connectivity index (χ0v) is 17.0. The van der Waals surface area contributed by atoms with Crippen molar-refractivity contribution in [3.8, 4) is 6.07 Å². The van der Waals surface area contributed by atoms with Gasteiger partial charge < -0.3 is 10.1 Å². The quantitative estimate of drug-likeness (QED) is 0.848. The van der Waals surface area contributed by atoms with E-state index < -0.39 is 27.8 Å². The number of benzene rings is 1. The van der Waals surface area contributed by atoms with Gasteiger partial charge in [0.05, 0.1) is 16.5 Å². The fraction of sp³-hybridized carbons (Fsp3) is 0.579. The summed E-state index contributed by atoms with van der Waals surface area (Å²) in [7, 11) is -3.77. The molecule has 1 aliphatic heterocycles. The molecular weight excluding hydrogens is 366 g/mol. The van der Waals surface area contributed by atoms with E-state index in [4.69, 9.17) is 10.00 Å². The molecule has 2 atom stereocenters. The maximum Gasteiger partial charge on any atom is 0.407 e. The standard InChI is InChI=1S/C19H27N3O4S/c1-14(21-18(23)26-19(2,3)4)17-10-5-6-11-22(17)27(24,25)16-9-7-8-15(12-16)13-20/h7-9,12,14,17H,5-6,10-11H2,1-4H3,(H,21,23). The van der Waals surface area contributed by atoms with Crippen LogP contribution in [0.4, 0.5) is 4.79 Å². The number of carbonyl (C=O) groups is 1. The highest BCUT2D eigenvalue weighted by Gasteiger charge is 2.37. The van der Waals surface area contributed by atoms with Gasteiger partial charge in [0.1, 0.15) is 5.60 Å². The zero-order chi connectivity index (χ0) is 20.2. The Balaban J connectivity index is 2.23. The minimum absolute atomic E-state index is 0.0953. The van der Waals surface area contributed by atoms with Gasteiger partial charge in [0, 0.05) is 18.6 Å². The van der Waals surface area contributed by atoms with Crippen molar-refractivity contribution in [3.63, 3.8) is 0 Å². The SMILES string of the molecule is CC(NC(=O)OC(C)(C)C)C1CCCCN1S(=O)(=O)c1cccc(C#N)c1. The molecule has 1 amide bonds. The molecule has 0 saturated carbocycles. The predicted molar refractivity (Wildman–Crippen MR) is 102 cm³/mol. The highest BCUT2D eigenvalue weighted by molar-refractivity contribution is 7.89. The van der Waals surface area contributed by atoms with Gasteiger partial charge in [0.15, 0.2) is 0 Å². The Bertz CT molecular complexity index is 824. The molecule has 2 rings (SSSR count). The number of nitrogens with one attached hydrogen (secondary N) is 1. The second-order valence-corrected chi connectivity index (χ2v) is 9.64. The molecule has 0 radical (unpaired) electrons. The van der Waals surface area contributed by atoms with Gasteiger partial charge in [-0.25, -0.2) is 13.2 Å². The second-order valence-electron chi connectivity index (χ2n) is 7.75. The Morgan fingerprint density at radius 3 is 2.70 bits per heavy atom. The fourth-order valence-corrected chi connectivity index (χ4v) is 4.99. The normalized spacial score (nSPS) is 19.7. The van der Waals surface area contributed by atoms with Crippen molar-refractivity contribution >= 4 is 16.1 Å². The first-order valence-electron chi connectivity index (χ1n) is 9.06. The number of carbonyl (C=O) groups excluding carboxylic acids is 1. The van der Waals surface area contributed by atoms with Crippen LogP contribution in [0.25, 0.3) is 0 Å². The number of amides is 1. The first-order valence-corrected chi connectivity index (χ1v) is 10.5. The van der Waals surface area contributed by atoms with Gasteiger partial charge in [-0.05, 0) is 58.7 Å². The van der Waals surface area contributed by atoms with E-state index in [-0.39, 0.29) is 10.9 Å². The third-order valence-electron chi connectivity index (χ3n) is 4.39. The van der Waals surface area contributed by atoms with E-state index in [1.165, 1.54) is 16.4 Å². The molecule has 27 heavy (non-hydrogen) atoms. The van der Waals surface area contributed by atoms with Gasteiger partial charge in [-0.1, -0.05) is 12.5 Å². The Hall–Kier alpha value is -2.11. The largest absolute Gasteiger partial charge is 0.444 e. The van der Waals surface area contributed by atoms with Gasteiger partial charge in [-0.2, -0.15) is 9.57 Å².